The van der Waals surface area contributed by atoms with Crippen molar-refractivity contribution < 1.29 is 0 Å². The fourth-order valence-electron chi connectivity index (χ4n) is 1.19. The van der Waals surface area contributed by atoms with Gasteiger partial charge in [0.15, 0.2) is 0 Å². The number of fused-ring (bicyclic) bond motifs is 1. The van der Waals surface area contributed by atoms with Gasteiger partial charge in [-0.3, -0.25) is 0 Å². The number of hydrogen-bond donors (Lipinski definition) is 1. The van der Waals surface area contributed by atoms with Gasteiger partial charge >= 0.3 is 0 Å². The Hall–Kier alpha value is -0.610. The van der Waals surface area contributed by atoms with E-state index in [2.05, 4.69) is 20.3 Å². The number of nitrogens with zero attached hydrogens (tertiary/aromatic N) is 1. The van der Waals surface area contributed by atoms with E-state index >= 15 is 0 Å². The molecule has 1 aromatic heterocycles. The molecular weight excluding hydrogens is 236 g/mol. The number of aryl methyl sites for hydroxylation is 1. The zero-order valence-corrected chi connectivity index (χ0v) is 8.87. The fourth-order valence-corrected chi connectivity index (χ4v) is 2.57. The Bertz CT molecular complexity index is 436. The third-order valence-electron chi connectivity index (χ3n) is 1.78. The van der Waals surface area contributed by atoms with E-state index in [9.17, 15) is 0 Å². The molecule has 1 aromatic carbocycles. The smallest absolute Gasteiger partial charge is 0.0715 e. The third-order valence-corrected chi connectivity index (χ3v) is 3.67. The summed E-state index contributed by atoms with van der Waals surface area (Å²) in [5.41, 5.74) is 7.63. The number of aromatic nitrogens is 1. The van der Waals surface area contributed by atoms with Crippen LogP contribution in [0, 0.1) is 6.92 Å². The molecule has 0 aliphatic rings. The van der Waals surface area contributed by atoms with E-state index in [1.54, 1.807) is 0 Å². The quantitative estimate of drug-likeness (QED) is 0.722. The van der Waals surface area contributed by atoms with Crippen LogP contribution in [0.15, 0.2) is 16.6 Å². The molecule has 0 saturated heterocycles. The van der Waals surface area contributed by atoms with E-state index in [1.165, 1.54) is 11.5 Å². The van der Waals surface area contributed by atoms with Crippen molar-refractivity contribution in [3.05, 3.63) is 22.3 Å². The summed E-state index contributed by atoms with van der Waals surface area (Å²) in [4.78, 5) is 0. The number of nitrogens with two attached hydrogens (primary N) is 1. The third kappa shape index (κ3) is 1.03. The second-order valence-corrected chi connectivity index (χ2v) is 4.24. The lowest BCUT2D eigenvalue weighted by Gasteiger charge is -1.97. The summed E-state index contributed by atoms with van der Waals surface area (Å²) >= 11 is 4.94. The van der Waals surface area contributed by atoms with E-state index < -0.39 is 0 Å². The zero-order valence-electron chi connectivity index (χ0n) is 6.47. The largest absolute Gasteiger partial charge is 0.398 e. The Morgan fingerprint density at radius 3 is 2.92 bits per heavy atom. The Labute approximate surface area is 82.7 Å². The SMILES string of the molecule is Cc1nsc2c(Br)ccc(N)c12. The molecule has 0 unspecified atom stereocenters. The average Bonchev–Trinajstić information content (AvgIpc) is 2.42. The predicted molar refractivity (Wildman–Crippen MR) is 56.5 cm³/mol. The molecule has 0 radical (unpaired) electrons. The van der Waals surface area contributed by atoms with E-state index in [0.717, 1.165) is 25.9 Å². The van der Waals surface area contributed by atoms with E-state index in [-0.39, 0.29) is 0 Å². The van der Waals surface area contributed by atoms with Crippen molar-refractivity contribution in [2.45, 2.75) is 6.92 Å². The van der Waals surface area contributed by atoms with Gasteiger partial charge in [0.25, 0.3) is 0 Å². The van der Waals surface area contributed by atoms with Gasteiger partial charge in [-0.25, -0.2) is 0 Å². The highest BCUT2D eigenvalue weighted by atomic mass is 79.9. The molecule has 0 fully saturated rings. The van der Waals surface area contributed by atoms with Crippen molar-refractivity contribution in [1.82, 2.24) is 4.37 Å². The maximum absolute atomic E-state index is 5.82. The normalized spacial score (nSPS) is 10.8. The summed E-state index contributed by atoms with van der Waals surface area (Å²) in [6, 6.07) is 3.85. The van der Waals surface area contributed by atoms with Gasteiger partial charge in [-0.2, -0.15) is 4.37 Å². The predicted octanol–water partition coefficient (Wildman–Crippen LogP) is 2.95. The number of nitrogen functional groups attached to an aromatic ring is 1. The van der Waals surface area contributed by atoms with Crippen LogP contribution in [-0.2, 0) is 0 Å². The molecule has 2 nitrogen and oxygen atoms in total. The standard InChI is InChI=1S/C8H7BrN2S/c1-4-7-6(10)3-2-5(9)8(7)12-11-4/h2-3H,10H2,1H3. The molecule has 2 rings (SSSR count). The molecule has 1 heterocycles. The van der Waals surface area contributed by atoms with Crippen LogP contribution in [0.25, 0.3) is 10.1 Å². The highest BCUT2D eigenvalue weighted by Crippen LogP contribution is 2.33. The molecule has 0 saturated carbocycles. The lowest BCUT2D eigenvalue weighted by atomic mass is 10.2. The first-order valence-corrected chi connectivity index (χ1v) is 5.07. The molecular formula is C8H7BrN2S. The van der Waals surface area contributed by atoms with Gasteiger partial charge in [-0.1, -0.05) is 0 Å². The monoisotopic (exact) mass is 242 g/mol. The highest BCUT2D eigenvalue weighted by molar-refractivity contribution is 9.10. The van der Waals surface area contributed by atoms with Crippen molar-refractivity contribution in [3.63, 3.8) is 0 Å². The Kier molecular flexibility index (Phi) is 1.81. The first-order chi connectivity index (χ1) is 5.70. The molecule has 4 heteroatoms. The Morgan fingerprint density at radius 1 is 1.50 bits per heavy atom. The molecule has 0 bridgehead atoms. The van der Waals surface area contributed by atoms with Gasteiger partial charge in [0.1, 0.15) is 0 Å². The number of anilines is 1. The fraction of sp³-hybridized carbons (Fsp3) is 0.125. The summed E-state index contributed by atoms with van der Waals surface area (Å²) in [5.74, 6) is 0. The second kappa shape index (κ2) is 2.71. The Balaban J connectivity index is 2.98. The van der Waals surface area contributed by atoms with Crippen LogP contribution >= 0.6 is 27.5 Å². The van der Waals surface area contributed by atoms with Gasteiger partial charge in [0.05, 0.1) is 10.4 Å². The summed E-state index contributed by atoms with van der Waals surface area (Å²) in [7, 11) is 0. The van der Waals surface area contributed by atoms with Crippen LogP contribution in [-0.4, -0.2) is 4.37 Å². The van der Waals surface area contributed by atoms with Crippen LogP contribution in [0.1, 0.15) is 5.69 Å². The van der Waals surface area contributed by atoms with Crippen LogP contribution in [0.5, 0.6) is 0 Å². The number of hydrogen-bond acceptors (Lipinski definition) is 3. The van der Waals surface area contributed by atoms with Crippen molar-refractivity contribution in [2.75, 3.05) is 5.73 Å². The maximum Gasteiger partial charge on any atom is 0.0715 e. The van der Waals surface area contributed by atoms with E-state index in [1.807, 2.05) is 19.1 Å². The van der Waals surface area contributed by atoms with Crippen molar-refractivity contribution in [2.24, 2.45) is 0 Å². The lowest BCUT2D eigenvalue weighted by Crippen LogP contribution is -1.85. The molecule has 0 aliphatic heterocycles. The van der Waals surface area contributed by atoms with Crippen molar-refractivity contribution in [1.29, 1.82) is 0 Å². The highest BCUT2D eigenvalue weighted by Gasteiger charge is 2.07. The number of rotatable bonds is 0. The summed E-state index contributed by atoms with van der Waals surface area (Å²) in [6.45, 7) is 1.97. The van der Waals surface area contributed by atoms with Crippen molar-refractivity contribution >= 4 is 43.2 Å². The first-order valence-electron chi connectivity index (χ1n) is 3.50. The molecule has 2 N–H and O–H groups in total. The maximum atomic E-state index is 5.82. The van der Waals surface area contributed by atoms with E-state index in [4.69, 9.17) is 5.73 Å². The molecule has 2 aromatic rings. The molecule has 62 valence electrons. The van der Waals surface area contributed by atoms with Crippen molar-refractivity contribution in [3.8, 4) is 0 Å². The van der Waals surface area contributed by atoms with Gasteiger partial charge < -0.3 is 5.73 Å². The average molecular weight is 243 g/mol. The van der Waals surface area contributed by atoms with Crippen LogP contribution in [0.2, 0.25) is 0 Å². The van der Waals surface area contributed by atoms with Gasteiger partial charge in [0, 0.05) is 15.5 Å². The molecule has 0 atom stereocenters. The molecule has 0 amide bonds. The zero-order chi connectivity index (χ0) is 8.72. The summed E-state index contributed by atoms with van der Waals surface area (Å²) < 4.78 is 6.45. The second-order valence-electron chi connectivity index (χ2n) is 2.61. The number of halogens is 1. The molecule has 12 heavy (non-hydrogen) atoms. The summed E-state index contributed by atoms with van der Waals surface area (Å²) in [5, 5.41) is 1.08. The van der Waals surface area contributed by atoms with Crippen LogP contribution < -0.4 is 5.73 Å². The minimum absolute atomic E-state index is 0.805. The summed E-state index contributed by atoms with van der Waals surface area (Å²) in [6.07, 6.45) is 0. The van der Waals surface area contributed by atoms with Gasteiger partial charge in [-0.05, 0) is 46.5 Å². The molecule has 0 aliphatic carbocycles. The lowest BCUT2D eigenvalue weighted by molar-refractivity contribution is 1.37. The van der Waals surface area contributed by atoms with Gasteiger partial charge in [-0.15, -0.1) is 0 Å². The van der Waals surface area contributed by atoms with Crippen LogP contribution in [0.4, 0.5) is 5.69 Å². The minimum Gasteiger partial charge on any atom is -0.398 e. The topological polar surface area (TPSA) is 38.9 Å². The van der Waals surface area contributed by atoms with Gasteiger partial charge in [0.2, 0.25) is 0 Å². The number of benzene rings is 1. The Morgan fingerprint density at radius 2 is 2.25 bits per heavy atom. The first kappa shape index (κ1) is 8.01. The minimum atomic E-state index is 0.805. The molecule has 0 spiro atoms. The van der Waals surface area contributed by atoms with Crippen LogP contribution in [0.3, 0.4) is 0 Å². The van der Waals surface area contributed by atoms with E-state index in [0.29, 0.717) is 0 Å².